The highest BCUT2D eigenvalue weighted by molar-refractivity contribution is 8.25. The van der Waals surface area contributed by atoms with E-state index in [4.69, 9.17) is 0 Å². The van der Waals surface area contributed by atoms with E-state index in [1.54, 1.807) is 36.4 Å². The second-order valence-corrected chi connectivity index (χ2v) is 14.8. The first-order chi connectivity index (χ1) is 22.1. The number of aromatic nitrogens is 1. The van der Waals surface area contributed by atoms with Crippen LogP contribution in [0.15, 0.2) is 72.9 Å². The number of rotatable bonds is 11. The van der Waals surface area contributed by atoms with Gasteiger partial charge in [-0.2, -0.15) is 13.2 Å². The van der Waals surface area contributed by atoms with E-state index in [0.717, 1.165) is 34.2 Å². The van der Waals surface area contributed by atoms with Crippen molar-refractivity contribution < 1.29 is 32.2 Å². The number of fused-ring (bicyclic) bond motifs is 1. The predicted octanol–water partition coefficient (Wildman–Crippen LogP) is 6.86. The Hall–Kier alpha value is -3.55. The minimum Gasteiger partial charge on any atom is -0.390 e. The molecule has 2 atom stereocenters. The van der Waals surface area contributed by atoms with E-state index >= 15 is 0 Å². The third-order valence-corrected chi connectivity index (χ3v) is 10.8. The molecule has 47 heavy (non-hydrogen) atoms. The van der Waals surface area contributed by atoms with E-state index in [-0.39, 0.29) is 12.3 Å². The normalized spacial score (nSPS) is 17.1. The summed E-state index contributed by atoms with van der Waals surface area (Å²) in [6, 6.07) is 17.2. The highest BCUT2D eigenvalue weighted by Gasteiger charge is 2.34. The average molecular weight is 673 g/mol. The average Bonchev–Trinajstić information content (AvgIpc) is 3.56. The van der Waals surface area contributed by atoms with Gasteiger partial charge in [-0.1, -0.05) is 49.4 Å². The van der Waals surface area contributed by atoms with Crippen molar-refractivity contribution >= 4 is 33.3 Å². The molecular formula is C35H43F3N4O4S. The molecule has 1 fully saturated rings. The summed E-state index contributed by atoms with van der Waals surface area (Å²) in [5.41, 5.74) is 2.31. The first kappa shape index (κ1) is 34.8. The third kappa shape index (κ3) is 7.62. The molecule has 1 aliphatic heterocycles. The predicted molar refractivity (Wildman–Crippen MR) is 182 cm³/mol. The summed E-state index contributed by atoms with van der Waals surface area (Å²) in [7, 11) is -1.15. The van der Waals surface area contributed by atoms with Crippen molar-refractivity contribution in [2.45, 2.75) is 63.9 Å². The lowest BCUT2D eigenvalue weighted by Gasteiger charge is -2.38. The van der Waals surface area contributed by atoms with Gasteiger partial charge in [-0.05, 0) is 74.1 Å². The lowest BCUT2D eigenvalue weighted by molar-refractivity contribution is -0.137. The van der Waals surface area contributed by atoms with Crippen molar-refractivity contribution in [2.24, 2.45) is 7.05 Å². The molecule has 3 aromatic carbocycles. The van der Waals surface area contributed by atoms with Crippen LogP contribution >= 0.6 is 10.8 Å². The number of alkyl halides is 3. The molecule has 0 spiro atoms. The molecule has 1 saturated heterocycles. The van der Waals surface area contributed by atoms with Gasteiger partial charge in [0.05, 0.1) is 34.7 Å². The zero-order valence-corrected chi connectivity index (χ0v) is 27.8. The summed E-state index contributed by atoms with van der Waals surface area (Å²) >= 11 is 0. The Labute approximate surface area is 275 Å². The van der Waals surface area contributed by atoms with Crippen molar-refractivity contribution in [3.8, 4) is 0 Å². The fourth-order valence-electron chi connectivity index (χ4n) is 6.23. The molecule has 1 aromatic heterocycles. The molecule has 0 aliphatic carbocycles. The molecule has 0 radical (unpaired) electrons. The van der Waals surface area contributed by atoms with Gasteiger partial charge < -0.3 is 20.3 Å². The van der Waals surface area contributed by atoms with E-state index in [1.165, 1.54) is 6.07 Å². The summed E-state index contributed by atoms with van der Waals surface area (Å²) in [5, 5.41) is 18.5. The maximum atomic E-state index is 14.0. The van der Waals surface area contributed by atoms with Crippen LogP contribution in [-0.4, -0.2) is 55.7 Å². The number of halogens is 3. The molecule has 1 aliphatic rings. The maximum absolute atomic E-state index is 14.0. The Morgan fingerprint density at radius 2 is 1.72 bits per heavy atom. The number of hydrogen-bond acceptors (Lipinski definition) is 6. The molecule has 254 valence electrons. The molecule has 0 unspecified atom stereocenters. The number of nitrogens with zero attached hydrogens (tertiary/aromatic N) is 2. The van der Waals surface area contributed by atoms with Crippen molar-refractivity contribution in [1.82, 2.24) is 15.2 Å². The monoisotopic (exact) mass is 672 g/mol. The van der Waals surface area contributed by atoms with Gasteiger partial charge in [0.25, 0.3) is 5.91 Å². The molecule has 0 saturated carbocycles. The van der Waals surface area contributed by atoms with Crippen LogP contribution in [0.1, 0.15) is 59.8 Å². The van der Waals surface area contributed by atoms with Crippen LogP contribution < -0.4 is 14.9 Å². The Morgan fingerprint density at radius 3 is 2.36 bits per heavy atom. The zero-order valence-electron chi connectivity index (χ0n) is 27.0. The van der Waals surface area contributed by atoms with E-state index < -0.39 is 46.1 Å². The first-order valence-electron chi connectivity index (χ1n) is 15.7. The molecule has 1 amide bonds. The van der Waals surface area contributed by atoms with Crippen molar-refractivity contribution in [3.63, 3.8) is 0 Å². The highest BCUT2D eigenvalue weighted by atomic mass is 32.3. The fraction of sp³-hybridized carbons (Fsp3) is 0.400. The maximum Gasteiger partial charge on any atom is 0.416 e. The second kappa shape index (κ2) is 13.5. The van der Waals surface area contributed by atoms with Crippen LogP contribution in [0, 0.1) is 0 Å². The SMILES string of the molecule is CCc1cn(C)c2c(N3CCCS3(O)O)cc(C(=O)N[C@@H](Cc3ccccc3)[C@@H](O)CNC(C)(C)c3cccc(C(F)(F)F)c3)cc12. The zero-order chi connectivity index (χ0) is 34.1. The van der Waals surface area contributed by atoms with Crippen LogP contribution in [0.3, 0.4) is 0 Å². The van der Waals surface area contributed by atoms with Crippen LogP contribution in [0.4, 0.5) is 18.9 Å². The van der Waals surface area contributed by atoms with Gasteiger partial charge in [0.1, 0.15) is 0 Å². The van der Waals surface area contributed by atoms with Gasteiger partial charge in [-0.25, -0.2) is 0 Å². The molecule has 5 rings (SSSR count). The van der Waals surface area contributed by atoms with E-state index in [2.05, 4.69) is 10.6 Å². The number of benzene rings is 3. The minimum atomic E-state index is -4.48. The van der Waals surface area contributed by atoms with Crippen LogP contribution in [0.2, 0.25) is 0 Å². The third-order valence-electron chi connectivity index (χ3n) is 8.93. The Kier molecular flexibility index (Phi) is 10.0. The summed E-state index contributed by atoms with van der Waals surface area (Å²) in [6.45, 7) is 5.93. The van der Waals surface area contributed by atoms with E-state index in [1.807, 2.05) is 55.1 Å². The molecule has 8 nitrogen and oxygen atoms in total. The minimum absolute atomic E-state index is 0.0152. The van der Waals surface area contributed by atoms with E-state index in [9.17, 15) is 32.2 Å². The van der Waals surface area contributed by atoms with Crippen LogP contribution in [-0.2, 0) is 31.6 Å². The van der Waals surface area contributed by atoms with Crippen LogP contribution in [0.25, 0.3) is 10.9 Å². The Balaban J connectivity index is 1.43. The standard InChI is InChI=1S/C35H43F3N4O4S/c1-5-24-22-41(4)32-28(24)18-25(19-30(32)42-15-10-16-47(42,45)46)33(44)40-29(17-23-11-7-6-8-12-23)31(43)21-39-34(2,3)26-13-9-14-27(20-26)35(36,37)38/h6-9,11-14,18-20,22,29,31,39,43,45-46H,5,10,15-17,21H2,1-4H3,(H,40,44)/t29-,31-/m0/s1. The molecule has 2 heterocycles. The Morgan fingerprint density at radius 1 is 1.02 bits per heavy atom. The number of amides is 1. The summed E-state index contributed by atoms with van der Waals surface area (Å²) in [6.07, 6.45) is -1.99. The molecular weight excluding hydrogens is 629 g/mol. The van der Waals surface area contributed by atoms with Crippen LogP contribution in [0.5, 0.6) is 0 Å². The fourth-order valence-corrected chi connectivity index (χ4v) is 7.85. The van der Waals surface area contributed by atoms with Gasteiger partial charge in [0, 0.05) is 42.8 Å². The smallest absolute Gasteiger partial charge is 0.390 e. The largest absolute Gasteiger partial charge is 0.416 e. The lowest BCUT2D eigenvalue weighted by atomic mass is 9.92. The molecule has 0 bridgehead atoms. The lowest BCUT2D eigenvalue weighted by Crippen LogP contribution is -2.51. The topological polar surface area (TPSA) is 110 Å². The van der Waals surface area contributed by atoms with Crippen molar-refractivity contribution in [3.05, 3.63) is 101 Å². The molecule has 12 heteroatoms. The number of nitrogens with one attached hydrogen (secondary N) is 2. The summed E-state index contributed by atoms with van der Waals surface area (Å²) in [5.74, 6) is -0.183. The number of carbonyl (C=O) groups excluding carboxylic acids is 1. The van der Waals surface area contributed by atoms with Gasteiger partial charge in [-0.15, -0.1) is 10.8 Å². The molecule has 5 N–H and O–H groups in total. The quantitative estimate of drug-likeness (QED) is 0.119. The Bertz CT molecular complexity index is 1730. The summed E-state index contributed by atoms with van der Waals surface area (Å²) < 4.78 is 65.4. The van der Waals surface area contributed by atoms with Gasteiger partial charge in [0.2, 0.25) is 0 Å². The van der Waals surface area contributed by atoms with Gasteiger partial charge in [0.15, 0.2) is 0 Å². The van der Waals surface area contributed by atoms with Crippen molar-refractivity contribution in [1.29, 1.82) is 0 Å². The second-order valence-electron chi connectivity index (χ2n) is 12.7. The number of aliphatic hydroxyl groups is 1. The number of aryl methyl sites for hydroxylation is 2. The first-order valence-corrected chi connectivity index (χ1v) is 17.4. The number of anilines is 1. The number of carbonyl (C=O) groups is 1. The van der Waals surface area contributed by atoms with Gasteiger partial charge >= 0.3 is 6.18 Å². The van der Waals surface area contributed by atoms with Gasteiger partial charge in [-0.3, -0.25) is 18.2 Å². The summed E-state index contributed by atoms with van der Waals surface area (Å²) in [4.78, 5) is 14.0. The number of hydrogen-bond donors (Lipinski definition) is 5. The van der Waals surface area contributed by atoms with Crippen molar-refractivity contribution in [2.75, 3.05) is 23.1 Å². The van der Waals surface area contributed by atoms with E-state index in [0.29, 0.717) is 42.6 Å². The number of aliphatic hydroxyl groups excluding tert-OH is 1. The molecule has 4 aromatic rings. The highest BCUT2D eigenvalue weighted by Crippen LogP contribution is 2.53.